The number of halogens is 1. The molecule has 0 spiro atoms. The van der Waals surface area contributed by atoms with Gasteiger partial charge >= 0.3 is 0 Å². The first kappa shape index (κ1) is 9.36. The summed E-state index contributed by atoms with van der Waals surface area (Å²) in [5.74, 6) is 0. The summed E-state index contributed by atoms with van der Waals surface area (Å²) in [7, 11) is 0. The molecule has 3 N–H and O–H groups in total. The molecular weight excluding hydrogens is 220 g/mol. The SMILES string of the molecule is Nc1cc(Cl)cnc1Sc1ncc[nH]1. The highest BCUT2D eigenvalue weighted by molar-refractivity contribution is 7.99. The van der Waals surface area contributed by atoms with E-state index >= 15 is 0 Å². The van der Waals surface area contributed by atoms with Crippen LogP contribution in [0.15, 0.2) is 34.8 Å². The van der Waals surface area contributed by atoms with Gasteiger partial charge in [-0.1, -0.05) is 11.6 Å². The van der Waals surface area contributed by atoms with Crippen molar-refractivity contribution in [1.82, 2.24) is 15.0 Å². The zero-order valence-electron chi connectivity index (χ0n) is 7.07. The van der Waals surface area contributed by atoms with Gasteiger partial charge in [-0.05, 0) is 17.8 Å². The van der Waals surface area contributed by atoms with Crippen LogP contribution >= 0.6 is 23.4 Å². The van der Waals surface area contributed by atoms with Gasteiger partial charge in [-0.2, -0.15) is 0 Å². The number of hydrogen-bond acceptors (Lipinski definition) is 4. The lowest BCUT2D eigenvalue weighted by molar-refractivity contribution is 1.04. The molecule has 0 amide bonds. The molecular formula is C8H7ClN4S. The molecule has 0 radical (unpaired) electrons. The Morgan fingerprint density at radius 2 is 2.29 bits per heavy atom. The van der Waals surface area contributed by atoms with Crippen LogP contribution in [0.25, 0.3) is 0 Å². The number of nitrogen functional groups attached to an aromatic ring is 1. The van der Waals surface area contributed by atoms with E-state index in [-0.39, 0.29) is 0 Å². The normalized spacial score (nSPS) is 10.4. The van der Waals surface area contributed by atoms with Gasteiger partial charge < -0.3 is 10.7 Å². The van der Waals surface area contributed by atoms with Crippen LogP contribution in [0.5, 0.6) is 0 Å². The molecule has 0 saturated heterocycles. The number of nitrogens with zero attached hydrogens (tertiary/aromatic N) is 2. The van der Waals surface area contributed by atoms with Crippen molar-refractivity contribution in [3.63, 3.8) is 0 Å². The van der Waals surface area contributed by atoms with Crippen molar-refractivity contribution in [3.05, 3.63) is 29.7 Å². The van der Waals surface area contributed by atoms with Crippen LogP contribution in [-0.4, -0.2) is 15.0 Å². The molecule has 0 bridgehead atoms. The molecule has 14 heavy (non-hydrogen) atoms. The van der Waals surface area contributed by atoms with Crippen LogP contribution in [0, 0.1) is 0 Å². The summed E-state index contributed by atoms with van der Waals surface area (Å²) in [6, 6.07) is 1.67. The molecule has 0 aromatic carbocycles. The Hall–Kier alpha value is -1.20. The first-order valence-corrected chi connectivity index (χ1v) is 5.03. The van der Waals surface area contributed by atoms with Gasteiger partial charge in [-0.25, -0.2) is 9.97 Å². The molecule has 6 heteroatoms. The van der Waals surface area contributed by atoms with E-state index in [0.29, 0.717) is 15.7 Å². The Morgan fingerprint density at radius 1 is 1.43 bits per heavy atom. The minimum atomic E-state index is 0.534. The van der Waals surface area contributed by atoms with Crippen LogP contribution < -0.4 is 5.73 Å². The van der Waals surface area contributed by atoms with Gasteiger partial charge in [0.15, 0.2) is 5.16 Å². The monoisotopic (exact) mass is 226 g/mol. The quantitative estimate of drug-likeness (QED) is 0.824. The third kappa shape index (κ3) is 2.00. The second kappa shape index (κ2) is 3.89. The first-order valence-electron chi connectivity index (χ1n) is 3.84. The van der Waals surface area contributed by atoms with Crippen molar-refractivity contribution in [2.24, 2.45) is 0 Å². The Balaban J connectivity index is 2.25. The predicted molar refractivity (Wildman–Crippen MR) is 56.4 cm³/mol. The number of aromatic amines is 1. The number of imidazole rings is 1. The maximum absolute atomic E-state index is 5.73. The van der Waals surface area contributed by atoms with E-state index in [1.54, 1.807) is 24.7 Å². The molecule has 0 aliphatic heterocycles. The fourth-order valence-electron chi connectivity index (χ4n) is 0.926. The van der Waals surface area contributed by atoms with Crippen molar-refractivity contribution in [3.8, 4) is 0 Å². The zero-order chi connectivity index (χ0) is 9.97. The highest BCUT2D eigenvalue weighted by Crippen LogP contribution is 2.28. The van der Waals surface area contributed by atoms with E-state index in [2.05, 4.69) is 15.0 Å². The third-order valence-corrected chi connectivity index (χ3v) is 2.67. The second-order valence-electron chi connectivity index (χ2n) is 2.54. The third-order valence-electron chi connectivity index (χ3n) is 1.51. The van der Waals surface area contributed by atoms with E-state index in [1.165, 1.54) is 11.8 Å². The smallest absolute Gasteiger partial charge is 0.171 e. The number of nitrogens with two attached hydrogens (primary N) is 1. The lowest BCUT2D eigenvalue weighted by Crippen LogP contribution is -1.91. The fraction of sp³-hybridized carbons (Fsp3) is 0. The van der Waals surface area contributed by atoms with Gasteiger partial charge in [0.05, 0.1) is 10.7 Å². The second-order valence-corrected chi connectivity index (χ2v) is 3.96. The van der Waals surface area contributed by atoms with Crippen molar-refractivity contribution in [2.45, 2.75) is 10.2 Å². The van der Waals surface area contributed by atoms with Gasteiger partial charge in [0.25, 0.3) is 0 Å². The van der Waals surface area contributed by atoms with Crippen LogP contribution in [0.3, 0.4) is 0 Å². The molecule has 0 aliphatic carbocycles. The Labute approximate surface area is 89.9 Å². The van der Waals surface area contributed by atoms with E-state index in [0.717, 1.165) is 5.16 Å². The number of anilines is 1. The minimum absolute atomic E-state index is 0.534. The number of pyridine rings is 1. The fourth-order valence-corrected chi connectivity index (χ4v) is 1.80. The molecule has 4 nitrogen and oxygen atoms in total. The number of nitrogens with one attached hydrogen (secondary N) is 1. The summed E-state index contributed by atoms with van der Waals surface area (Å²) >= 11 is 7.09. The van der Waals surface area contributed by atoms with Crippen molar-refractivity contribution in [1.29, 1.82) is 0 Å². The molecule has 0 saturated carbocycles. The summed E-state index contributed by atoms with van der Waals surface area (Å²) in [4.78, 5) is 11.1. The van der Waals surface area contributed by atoms with E-state index in [4.69, 9.17) is 17.3 Å². The zero-order valence-corrected chi connectivity index (χ0v) is 8.64. The lowest BCUT2D eigenvalue weighted by atomic mass is 10.4. The van der Waals surface area contributed by atoms with Crippen LogP contribution in [0.4, 0.5) is 5.69 Å². The average molecular weight is 227 g/mol. The molecule has 2 aromatic rings. The molecule has 2 heterocycles. The summed E-state index contributed by atoms with van der Waals surface area (Å²) in [5, 5.41) is 1.99. The van der Waals surface area contributed by atoms with E-state index in [9.17, 15) is 0 Å². The highest BCUT2D eigenvalue weighted by Gasteiger charge is 2.05. The van der Waals surface area contributed by atoms with Gasteiger partial charge in [0.2, 0.25) is 0 Å². The number of rotatable bonds is 2. The molecule has 2 rings (SSSR count). The summed E-state index contributed by atoms with van der Waals surface area (Å²) in [5.41, 5.74) is 6.28. The molecule has 0 fully saturated rings. The number of hydrogen-bond donors (Lipinski definition) is 2. The molecule has 0 atom stereocenters. The topological polar surface area (TPSA) is 67.6 Å². The minimum Gasteiger partial charge on any atom is -0.396 e. The van der Waals surface area contributed by atoms with Crippen LogP contribution in [-0.2, 0) is 0 Å². The summed E-state index contributed by atoms with van der Waals surface area (Å²) in [6.07, 6.45) is 4.98. The molecule has 72 valence electrons. The summed E-state index contributed by atoms with van der Waals surface area (Å²) in [6.45, 7) is 0. The van der Waals surface area contributed by atoms with E-state index in [1.807, 2.05) is 0 Å². The van der Waals surface area contributed by atoms with Gasteiger partial charge in [-0.3, -0.25) is 0 Å². The van der Waals surface area contributed by atoms with Crippen LogP contribution in [0.1, 0.15) is 0 Å². The Kier molecular flexibility index (Phi) is 2.60. The molecule has 2 aromatic heterocycles. The van der Waals surface area contributed by atoms with Crippen molar-refractivity contribution >= 4 is 29.1 Å². The molecule has 0 aliphatic rings. The maximum Gasteiger partial charge on any atom is 0.171 e. The van der Waals surface area contributed by atoms with Gasteiger partial charge in [0, 0.05) is 18.6 Å². The average Bonchev–Trinajstić information content (AvgIpc) is 2.62. The number of aromatic nitrogens is 3. The van der Waals surface area contributed by atoms with E-state index < -0.39 is 0 Å². The first-order chi connectivity index (χ1) is 6.75. The van der Waals surface area contributed by atoms with Gasteiger partial charge in [-0.15, -0.1) is 0 Å². The lowest BCUT2D eigenvalue weighted by Gasteiger charge is -2.01. The predicted octanol–water partition coefficient (Wildman–Crippen LogP) is 2.19. The van der Waals surface area contributed by atoms with Crippen molar-refractivity contribution < 1.29 is 0 Å². The summed E-state index contributed by atoms with van der Waals surface area (Å²) < 4.78 is 0. The highest BCUT2D eigenvalue weighted by atomic mass is 35.5. The largest absolute Gasteiger partial charge is 0.396 e. The Bertz CT molecular complexity index is 429. The number of H-pyrrole nitrogens is 1. The van der Waals surface area contributed by atoms with Gasteiger partial charge in [0.1, 0.15) is 5.03 Å². The standard InChI is InChI=1S/C8H7ClN4S/c9-5-3-6(10)7(13-4-5)14-8-11-1-2-12-8/h1-4H,10H2,(H,11,12). The molecule has 0 unspecified atom stereocenters. The van der Waals surface area contributed by atoms with Crippen molar-refractivity contribution in [2.75, 3.05) is 5.73 Å². The van der Waals surface area contributed by atoms with Crippen LogP contribution in [0.2, 0.25) is 5.02 Å². The maximum atomic E-state index is 5.73. The Morgan fingerprint density at radius 3 is 2.93 bits per heavy atom.